The summed E-state index contributed by atoms with van der Waals surface area (Å²) < 4.78 is 26.5. The first-order valence-electron chi connectivity index (χ1n) is 6.40. The maximum absolute atomic E-state index is 13.0. The Morgan fingerprint density at radius 2 is 2.21 bits per heavy atom. The van der Waals surface area contributed by atoms with Gasteiger partial charge in [-0.2, -0.15) is 0 Å². The number of halogens is 2. The molecule has 1 aromatic rings. The Kier molecular flexibility index (Phi) is 4.39. The summed E-state index contributed by atoms with van der Waals surface area (Å²) in [6.07, 6.45) is 4.32. The van der Waals surface area contributed by atoms with Crippen LogP contribution in [0.5, 0.6) is 0 Å². The maximum atomic E-state index is 13.0. The number of aryl methyl sites for hydroxylation is 1. The van der Waals surface area contributed by atoms with Crippen molar-refractivity contribution < 1.29 is 8.78 Å². The second kappa shape index (κ2) is 5.86. The molecule has 2 rings (SSSR count). The average molecular weight is 285 g/mol. The van der Waals surface area contributed by atoms with Crippen LogP contribution in [0, 0.1) is 17.5 Å². The largest absolute Gasteiger partial charge is 0.349 e. The Hall–Kier alpha value is -1.17. The van der Waals surface area contributed by atoms with Gasteiger partial charge in [0.2, 0.25) is 5.92 Å². The zero-order chi connectivity index (χ0) is 13.9. The highest BCUT2D eigenvalue weighted by atomic mass is 32.1. The fourth-order valence-electron chi connectivity index (χ4n) is 2.22. The number of aromatic amines is 1. The minimum absolute atomic E-state index is 0.0147. The van der Waals surface area contributed by atoms with Crippen LogP contribution in [0.3, 0.4) is 0 Å². The summed E-state index contributed by atoms with van der Waals surface area (Å²) in [5.41, 5.74) is 1.72. The Labute approximate surface area is 116 Å². The number of nitrogens with zero attached hydrogens (tertiary/aromatic N) is 2. The molecule has 1 heterocycles. The van der Waals surface area contributed by atoms with E-state index < -0.39 is 5.92 Å². The molecule has 0 atom stereocenters. The summed E-state index contributed by atoms with van der Waals surface area (Å²) in [6.45, 7) is 2.49. The van der Waals surface area contributed by atoms with Crippen LogP contribution in [-0.2, 0) is 0 Å². The van der Waals surface area contributed by atoms with Gasteiger partial charge >= 0.3 is 0 Å². The number of aromatic nitrogens is 2. The average Bonchev–Trinajstić information content (AvgIpc) is 2.35. The van der Waals surface area contributed by atoms with E-state index in [0.29, 0.717) is 24.0 Å². The number of nitrogens with one attached hydrogen (secondary N) is 1. The SMILES string of the molecule is Cc1[nH]cnc(=S)c1C=NCC1CCC(F)(F)CC1. The number of H-pyrrole nitrogens is 1. The quantitative estimate of drug-likeness (QED) is 0.679. The first kappa shape index (κ1) is 14.2. The summed E-state index contributed by atoms with van der Waals surface area (Å²) in [5.74, 6) is -2.21. The molecular weight excluding hydrogens is 268 g/mol. The minimum Gasteiger partial charge on any atom is -0.349 e. The number of rotatable bonds is 3. The van der Waals surface area contributed by atoms with Crippen molar-refractivity contribution in [3.63, 3.8) is 0 Å². The van der Waals surface area contributed by atoms with Gasteiger partial charge in [0, 0.05) is 36.9 Å². The van der Waals surface area contributed by atoms with Gasteiger partial charge in [-0.05, 0) is 25.7 Å². The van der Waals surface area contributed by atoms with E-state index in [1.54, 1.807) is 12.5 Å². The van der Waals surface area contributed by atoms with Crippen molar-refractivity contribution in [3.05, 3.63) is 22.2 Å². The Morgan fingerprint density at radius 1 is 1.53 bits per heavy atom. The predicted molar refractivity (Wildman–Crippen MR) is 73.5 cm³/mol. The van der Waals surface area contributed by atoms with Gasteiger partial charge in [-0.1, -0.05) is 12.2 Å². The molecule has 0 amide bonds. The van der Waals surface area contributed by atoms with Crippen molar-refractivity contribution in [1.29, 1.82) is 0 Å². The molecule has 0 aromatic carbocycles. The lowest BCUT2D eigenvalue weighted by Crippen LogP contribution is -2.25. The van der Waals surface area contributed by atoms with Crippen molar-refractivity contribution in [2.75, 3.05) is 6.54 Å². The van der Waals surface area contributed by atoms with Crippen LogP contribution in [0.1, 0.15) is 36.9 Å². The van der Waals surface area contributed by atoms with Crippen LogP contribution in [0.4, 0.5) is 8.78 Å². The number of hydrogen-bond acceptors (Lipinski definition) is 3. The molecule has 1 aliphatic carbocycles. The molecule has 0 saturated heterocycles. The van der Waals surface area contributed by atoms with Crippen molar-refractivity contribution in [1.82, 2.24) is 9.97 Å². The normalized spacial score (nSPS) is 19.9. The highest BCUT2D eigenvalue weighted by molar-refractivity contribution is 7.71. The van der Waals surface area contributed by atoms with E-state index >= 15 is 0 Å². The highest BCUT2D eigenvalue weighted by Crippen LogP contribution is 2.36. The number of alkyl halides is 2. The molecule has 19 heavy (non-hydrogen) atoms. The Bertz CT molecular complexity index is 515. The van der Waals surface area contributed by atoms with Crippen molar-refractivity contribution in [2.45, 2.75) is 38.5 Å². The zero-order valence-corrected chi connectivity index (χ0v) is 11.6. The van der Waals surface area contributed by atoms with Gasteiger partial charge in [0.15, 0.2) is 0 Å². The molecule has 0 aliphatic heterocycles. The summed E-state index contributed by atoms with van der Waals surface area (Å²) in [7, 11) is 0. The molecule has 0 radical (unpaired) electrons. The van der Waals surface area contributed by atoms with Crippen LogP contribution >= 0.6 is 12.2 Å². The van der Waals surface area contributed by atoms with Crippen molar-refractivity contribution >= 4 is 18.4 Å². The van der Waals surface area contributed by atoms with Crippen LogP contribution < -0.4 is 0 Å². The summed E-state index contributed by atoms with van der Waals surface area (Å²) in [5, 5.41) is 0. The number of aliphatic imine (C=N–C) groups is 1. The van der Waals surface area contributed by atoms with E-state index in [4.69, 9.17) is 12.2 Å². The van der Waals surface area contributed by atoms with Crippen LogP contribution in [0.15, 0.2) is 11.3 Å². The first-order chi connectivity index (χ1) is 8.98. The standard InChI is InChI=1S/C13H17F2N3S/c1-9-11(12(19)18-8-17-9)7-16-6-10-2-4-13(14,15)5-3-10/h7-8,10H,2-6H2,1H3,(H,17,18,19). The Morgan fingerprint density at radius 3 is 2.84 bits per heavy atom. The molecule has 0 spiro atoms. The molecule has 0 bridgehead atoms. The monoisotopic (exact) mass is 285 g/mol. The molecule has 1 fully saturated rings. The lowest BCUT2D eigenvalue weighted by molar-refractivity contribution is -0.0446. The van der Waals surface area contributed by atoms with Gasteiger partial charge in [0.1, 0.15) is 4.64 Å². The predicted octanol–water partition coefficient (Wildman–Crippen LogP) is 3.69. The van der Waals surface area contributed by atoms with Crippen LogP contribution in [0.25, 0.3) is 0 Å². The van der Waals surface area contributed by atoms with Gasteiger partial charge in [-0.3, -0.25) is 4.99 Å². The van der Waals surface area contributed by atoms with Gasteiger partial charge in [-0.15, -0.1) is 0 Å². The van der Waals surface area contributed by atoms with Crippen LogP contribution in [-0.4, -0.2) is 28.6 Å². The third-order valence-corrected chi connectivity index (χ3v) is 3.84. The van der Waals surface area contributed by atoms with Gasteiger partial charge in [0.05, 0.1) is 6.33 Å². The minimum atomic E-state index is -2.47. The molecule has 3 nitrogen and oxygen atoms in total. The molecule has 104 valence electrons. The zero-order valence-electron chi connectivity index (χ0n) is 10.8. The lowest BCUT2D eigenvalue weighted by Gasteiger charge is -2.27. The molecule has 6 heteroatoms. The van der Waals surface area contributed by atoms with Crippen molar-refractivity contribution in [3.8, 4) is 0 Å². The molecule has 1 aromatic heterocycles. The molecule has 1 saturated carbocycles. The second-order valence-corrected chi connectivity index (χ2v) is 5.43. The van der Waals surface area contributed by atoms with E-state index in [1.165, 1.54) is 0 Å². The van der Waals surface area contributed by atoms with Gasteiger partial charge < -0.3 is 4.98 Å². The molecular formula is C13H17F2N3S. The third kappa shape index (κ3) is 3.89. The van der Waals surface area contributed by atoms with Crippen LogP contribution in [0.2, 0.25) is 0 Å². The summed E-state index contributed by atoms with van der Waals surface area (Å²) in [6, 6.07) is 0. The van der Waals surface area contributed by atoms with Crippen molar-refractivity contribution in [2.24, 2.45) is 10.9 Å². The van der Waals surface area contributed by atoms with E-state index in [-0.39, 0.29) is 18.8 Å². The second-order valence-electron chi connectivity index (χ2n) is 5.04. The third-order valence-electron chi connectivity index (χ3n) is 3.52. The smallest absolute Gasteiger partial charge is 0.248 e. The Balaban J connectivity index is 1.93. The van der Waals surface area contributed by atoms with Gasteiger partial charge in [0.25, 0.3) is 0 Å². The summed E-state index contributed by atoms with van der Waals surface area (Å²) in [4.78, 5) is 11.3. The molecule has 1 N–H and O–H groups in total. The van der Waals surface area contributed by atoms with Gasteiger partial charge in [-0.25, -0.2) is 13.8 Å². The lowest BCUT2D eigenvalue weighted by atomic mass is 9.87. The highest BCUT2D eigenvalue weighted by Gasteiger charge is 2.34. The fourth-order valence-corrected chi connectivity index (χ4v) is 2.48. The maximum Gasteiger partial charge on any atom is 0.248 e. The van der Waals surface area contributed by atoms with E-state index in [0.717, 1.165) is 11.3 Å². The number of hydrogen-bond donors (Lipinski definition) is 1. The first-order valence-corrected chi connectivity index (χ1v) is 6.81. The fraction of sp³-hybridized carbons (Fsp3) is 0.615. The summed E-state index contributed by atoms with van der Waals surface area (Å²) >= 11 is 5.12. The van der Waals surface area contributed by atoms with E-state index in [2.05, 4.69) is 15.0 Å². The topological polar surface area (TPSA) is 41.0 Å². The van der Waals surface area contributed by atoms with E-state index in [1.807, 2.05) is 6.92 Å². The molecule has 1 aliphatic rings. The molecule has 0 unspecified atom stereocenters. The van der Waals surface area contributed by atoms with E-state index in [9.17, 15) is 8.78 Å².